The number of hydrogen-bond donors (Lipinski definition) is 2. The van der Waals surface area contributed by atoms with Crippen LogP contribution in [-0.4, -0.2) is 22.7 Å². The lowest BCUT2D eigenvalue weighted by molar-refractivity contribution is -0.134. The van der Waals surface area contributed by atoms with E-state index in [1.165, 1.54) is 0 Å². The molecule has 26 heavy (non-hydrogen) atoms. The third kappa shape index (κ3) is 3.89. The Morgan fingerprint density at radius 2 is 2.04 bits per heavy atom. The van der Waals surface area contributed by atoms with Crippen molar-refractivity contribution in [3.8, 4) is 5.75 Å². The number of hydrazone groups is 1. The smallest absolute Gasteiger partial charge is 0.283 e. The van der Waals surface area contributed by atoms with Crippen molar-refractivity contribution in [1.82, 2.24) is 10.4 Å². The maximum atomic E-state index is 12.4. The molecule has 0 saturated heterocycles. The molecule has 0 radical (unpaired) electrons. The van der Waals surface area contributed by atoms with E-state index in [2.05, 4.69) is 15.5 Å². The van der Waals surface area contributed by atoms with Crippen LogP contribution in [0, 0.1) is 6.92 Å². The molecule has 0 saturated carbocycles. The molecule has 2 aromatic carbocycles. The largest absolute Gasteiger partial charge is 0.478 e. The standard InChI is InChI=1S/C20H20ClN3O2/c1-13-10-15(8-9-17(13)21)26-20(2,3)19(25)24-23-12-14-11-22-18-7-5-4-6-16(14)18/h4-12,22H,1-3H3,(H,24,25)/b23-12-. The van der Waals surface area contributed by atoms with Crippen molar-refractivity contribution in [2.24, 2.45) is 5.10 Å². The van der Waals surface area contributed by atoms with Crippen LogP contribution < -0.4 is 10.2 Å². The molecule has 0 aliphatic heterocycles. The zero-order chi connectivity index (χ0) is 18.7. The minimum Gasteiger partial charge on any atom is -0.478 e. The van der Waals surface area contributed by atoms with E-state index >= 15 is 0 Å². The highest BCUT2D eigenvalue weighted by molar-refractivity contribution is 6.31. The number of benzene rings is 2. The van der Waals surface area contributed by atoms with E-state index in [0.717, 1.165) is 22.0 Å². The van der Waals surface area contributed by atoms with Gasteiger partial charge in [0, 0.05) is 27.7 Å². The molecular formula is C20H20ClN3O2. The number of ether oxygens (including phenoxy) is 1. The Kier molecular flexibility index (Phi) is 5.00. The summed E-state index contributed by atoms with van der Waals surface area (Å²) < 4.78 is 5.81. The van der Waals surface area contributed by atoms with Crippen LogP contribution in [0.2, 0.25) is 5.02 Å². The molecule has 5 nitrogen and oxygen atoms in total. The molecule has 6 heteroatoms. The van der Waals surface area contributed by atoms with Crippen LogP contribution in [0.5, 0.6) is 5.75 Å². The van der Waals surface area contributed by atoms with E-state index in [9.17, 15) is 4.79 Å². The van der Waals surface area contributed by atoms with Gasteiger partial charge >= 0.3 is 0 Å². The van der Waals surface area contributed by atoms with Crippen molar-refractivity contribution >= 4 is 34.6 Å². The summed E-state index contributed by atoms with van der Waals surface area (Å²) in [5, 5.41) is 5.75. The summed E-state index contributed by atoms with van der Waals surface area (Å²) >= 11 is 6.02. The Bertz CT molecular complexity index is 976. The lowest BCUT2D eigenvalue weighted by atomic mass is 10.1. The predicted molar refractivity (Wildman–Crippen MR) is 105 cm³/mol. The first-order chi connectivity index (χ1) is 12.4. The van der Waals surface area contributed by atoms with Gasteiger partial charge in [0.1, 0.15) is 5.75 Å². The lowest BCUT2D eigenvalue weighted by Gasteiger charge is -2.24. The van der Waals surface area contributed by atoms with E-state index in [4.69, 9.17) is 16.3 Å². The van der Waals surface area contributed by atoms with Gasteiger partial charge in [0.25, 0.3) is 5.91 Å². The van der Waals surface area contributed by atoms with E-state index in [0.29, 0.717) is 10.8 Å². The Morgan fingerprint density at radius 1 is 1.27 bits per heavy atom. The van der Waals surface area contributed by atoms with Gasteiger partial charge in [-0.25, -0.2) is 5.43 Å². The zero-order valence-electron chi connectivity index (χ0n) is 14.8. The minimum absolute atomic E-state index is 0.346. The summed E-state index contributed by atoms with van der Waals surface area (Å²) in [4.78, 5) is 15.6. The van der Waals surface area contributed by atoms with Gasteiger partial charge in [0.2, 0.25) is 0 Å². The molecule has 0 unspecified atom stereocenters. The Balaban J connectivity index is 1.67. The van der Waals surface area contributed by atoms with Crippen molar-refractivity contribution in [2.45, 2.75) is 26.4 Å². The summed E-state index contributed by atoms with van der Waals surface area (Å²) in [7, 11) is 0. The molecule has 134 valence electrons. The van der Waals surface area contributed by atoms with E-state index < -0.39 is 5.60 Å². The third-order valence-corrected chi connectivity index (χ3v) is 4.46. The number of halogens is 1. The van der Waals surface area contributed by atoms with Crippen LogP contribution in [0.4, 0.5) is 0 Å². The summed E-state index contributed by atoms with van der Waals surface area (Å²) in [5.74, 6) is 0.230. The Labute approximate surface area is 157 Å². The fraction of sp³-hybridized carbons (Fsp3) is 0.200. The molecule has 3 aromatic rings. The first kappa shape index (κ1) is 18.0. The number of fused-ring (bicyclic) bond motifs is 1. The number of carbonyl (C=O) groups excluding carboxylic acids is 1. The highest BCUT2D eigenvalue weighted by atomic mass is 35.5. The molecular weight excluding hydrogens is 350 g/mol. The van der Waals surface area contributed by atoms with Gasteiger partial charge in [-0.3, -0.25) is 4.79 Å². The average molecular weight is 370 g/mol. The average Bonchev–Trinajstić information content (AvgIpc) is 3.01. The molecule has 0 bridgehead atoms. The first-order valence-electron chi connectivity index (χ1n) is 8.21. The number of rotatable bonds is 5. The first-order valence-corrected chi connectivity index (χ1v) is 8.59. The van der Waals surface area contributed by atoms with Gasteiger partial charge in [0.15, 0.2) is 5.60 Å². The summed E-state index contributed by atoms with van der Waals surface area (Å²) in [6.45, 7) is 5.26. The van der Waals surface area contributed by atoms with Gasteiger partial charge in [-0.15, -0.1) is 0 Å². The second kappa shape index (κ2) is 7.22. The van der Waals surface area contributed by atoms with Crippen LogP contribution >= 0.6 is 11.6 Å². The number of para-hydroxylation sites is 1. The number of aromatic nitrogens is 1. The fourth-order valence-electron chi connectivity index (χ4n) is 2.52. The monoisotopic (exact) mass is 369 g/mol. The summed E-state index contributed by atoms with van der Waals surface area (Å²) in [5.41, 5.74) is 4.25. The van der Waals surface area contributed by atoms with E-state index in [-0.39, 0.29) is 5.91 Å². The number of nitrogens with zero attached hydrogens (tertiary/aromatic N) is 1. The second-order valence-corrected chi connectivity index (χ2v) is 6.92. The molecule has 1 amide bonds. The van der Waals surface area contributed by atoms with Crippen molar-refractivity contribution in [3.63, 3.8) is 0 Å². The number of H-pyrrole nitrogens is 1. The molecule has 0 spiro atoms. The number of amides is 1. The van der Waals surface area contributed by atoms with Crippen LogP contribution in [-0.2, 0) is 4.79 Å². The highest BCUT2D eigenvalue weighted by Gasteiger charge is 2.30. The Morgan fingerprint density at radius 3 is 2.81 bits per heavy atom. The van der Waals surface area contributed by atoms with Crippen molar-refractivity contribution in [2.75, 3.05) is 0 Å². The molecule has 2 N–H and O–H groups in total. The highest BCUT2D eigenvalue weighted by Crippen LogP contribution is 2.24. The maximum Gasteiger partial charge on any atom is 0.283 e. The number of carbonyl (C=O) groups is 1. The maximum absolute atomic E-state index is 12.4. The van der Waals surface area contributed by atoms with E-state index in [1.54, 1.807) is 38.3 Å². The van der Waals surface area contributed by atoms with Crippen LogP contribution in [0.15, 0.2) is 53.8 Å². The van der Waals surface area contributed by atoms with Crippen molar-refractivity contribution < 1.29 is 9.53 Å². The normalized spacial score (nSPS) is 11.8. The summed E-state index contributed by atoms with van der Waals surface area (Å²) in [6.07, 6.45) is 3.46. The topological polar surface area (TPSA) is 66.5 Å². The predicted octanol–water partition coefficient (Wildman–Crippen LogP) is 4.44. The molecule has 0 aliphatic carbocycles. The lowest BCUT2D eigenvalue weighted by Crippen LogP contribution is -2.44. The fourth-order valence-corrected chi connectivity index (χ4v) is 2.64. The van der Waals surface area contributed by atoms with Crippen LogP contribution in [0.25, 0.3) is 10.9 Å². The Hall–Kier alpha value is -2.79. The van der Waals surface area contributed by atoms with Gasteiger partial charge < -0.3 is 9.72 Å². The molecule has 0 aliphatic rings. The quantitative estimate of drug-likeness (QED) is 0.515. The number of hydrogen-bond acceptors (Lipinski definition) is 3. The van der Waals surface area contributed by atoms with Gasteiger partial charge in [0.05, 0.1) is 6.21 Å². The van der Waals surface area contributed by atoms with Gasteiger partial charge in [-0.2, -0.15) is 5.10 Å². The number of nitrogens with one attached hydrogen (secondary N) is 2. The minimum atomic E-state index is -1.09. The van der Waals surface area contributed by atoms with Crippen molar-refractivity contribution in [3.05, 3.63) is 64.8 Å². The van der Waals surface area contributed by atoms with Crippen LogP contribution in [0.1, 0.15) is 25.0 Å². The van der Waals surface area contributed by atoms with Crippen molar-refractivity contribution in [1.29, 1.82) is 0 Å². The third-order valence-electron chi connectivity index (χ3n) is 4.04. The number of aromatic amines is 1. The second-order valence-electron chi connectivity index (χ2n) is 6.51. The molecule has 0 atom stereocenters. The number of aryl methyl sites for hydroxylation is 1. The molecule has 1 heterocycles. The summed E-state index contributed by atoms with van der Waals surface area (Å²) in [6, 6.07) is 13.2. The van der Waals surface area contributed by atoms with Gasteiger partial charge in [-0.05, 0) is 50.6 Å². The van der Waals surface area contributed by atoms with Gasteiger partial charge in [-0.1, -0.05) is 29.8 Å². The molecule has 3 rings (SSSR count). The van der Waals surface area contributed by atoms with E-state index in [1.807, 2.05) is 37.4 Å². The molecule has 0 fully saturated rings. The van der Waals surface area contributed by atoms with Crippen LogP contribution in [0.3, 0.4) is 0 Å². The molecule has 1 aromatic heterocycles. The zero-order valence-corrected chi connectivity index (χ0v) is 15.6. The SMILES string of the molecule is Cc1cc(OC(C)(C)C(=O)N/N=C\c2c[nH]c3ccccc23)ccc1Cl.